The molecule has 2 aromatic rings. The van der Waals surface area contributed by atoms with Crippen LogP contribution in [-0.2, 0) is 13.0 Å². The van der Waals surface area contributed by atoms with Crippen molar-refractivity contribution in [2.45, 2.75) is 39.2 Å². The number of hydrogen-bond donors (Lipinski definition) is 1. The highest BCUT2D eigenvalue weighted by molar-refractivity contribution is 9.10. The van der Waals surface area contributed by atoms with Gasteiger partial charge in [-0.1, -0.05) is 53.9 Å². The molecule has 112 valence electrons. The predicted molar refractivity (Wildman–Crippen MR) is 91.1 cm³/mol. The van der Waals surface area contributed by atoms with E-state index in [0.717, 1.165) is 16.6 Å². The first kappa shape index (κ1) is 16.0. The Morgan fingerprint density at radius 1 is 1.05 bits per heavy atom. The van der Waals surface area contributed by atoms with Crippen LogP contribution in [0, 0.1) is 5.82 Å². The zero-order valence-electron chi connectivity index (χ0n) is 12.3. The largest absolute Gasteiger partial charge is 0.381 e. The fourth-order valence-electron chi connectivity index (χ4n) is 2.23. The quantitative estimate of drug-likeness (QED) is 0.610. The van der Waals surface area contributed by atoms with E-state index in [1.54, 1.807) is 6.07 Å². The first-order chi connectivity index (χ1) is 10.2. The van der Waals surface area contributed by atoms with Crippen molar-refractivity contribution in [2.75, 3.05) is 5.32 Å². The van der Waals surface area contributed by atoms with Gasteiger partial charge in [-0.25, -0.2) is 4.39 Å². The fraction of sp³-hybridized carbons (Fsp3) is 0.333. The molecule has 0 aromatic heterocycles. The molecule has 2 aromatic carbocycles. The summed E-state index contributed by atoms with van der Waals surface area (Å²) >= 11 is 3.27. The second-order valence-corrected chi connectivity index (χ2v) is 6.16. The average Bonchev–Trinajstić information content (AvgIpc) is 2.48. The first-order valence-electron chi connectivity index (χ1n) is 7.46. The summed E-state index contributed by atoms with van der Waals surface area (Å²) in [5.41, 5.74) is 3.06. The Bertz CT molecular complexity index is 566. The topological polar surface area (TPSA) is 12.0 Å². The van der Waals surface area contributed by atoms with Crippen molar-refractivity contribution in [3.05, 3.63) is 63.9 Å². The number of hydrogen-bond acceptors (Lipinski definition) is 1. The number of anilines is 1. The maximum Gasteiger partial charge on any atom is 0.129 e. The normalized spacial score (nSPS) is 10.6. The second-order valence-electron chi connectivity index (χ2n) is 5.24. The summed E-state index contributed by atoms with van der Waals surface area (Å²) in [6, 6.07) is 13.6. The van der Waals surface area contributed by atoms with Crippen molar-refractivity contribution in [3.8, 4) is 0 Å². The van der Waals surface area contributed by atoms with Gasteiger partial charge in [-0.3, -0.25) is 0 Å². The van der Waals surface area contributed by atoms with Crippen LogP contribution in [0.15, 0.2) is 46.9 Å². The monoisotopic (exact) mass is 349 g/mol. The van der Waals surface area contributed by atoms with E-state index < -0.39 is 0 Å². The van der Waals surface area contributed by atoms with Crippen LogP contribution in [0.2, 0.25) is 0 Å². The number of halogens is 2. The van der Waals surface area contributed by atoms with Gasteiger partial charge in [0.15, 0.2) is 0 Å². The summed E-state index contributed by atoms with van der Waals surface area (Å²) in [6.07, 6.45) is 4.91. The Hall–Kier alpha value is -1.35. The third-order valence-electron chi connectivity index (χ3n) is 3.52. The molecule has 0 atom stereocenters. The fourth-order valence-corrected chi connectivity index (χ4v) is 2.56. The lowest BCUT2D eigenvalue weighted by molar-refractivity contribution is 0.612. The molecule has 1 nitrogen and oxygen atoms in total. The highest BCUT2D eigenvalue weighted by Crippen LogP contribution is 2.17. The summed E-state index contributed by atoms with van der Waals surface area (Å²) in [7, 11) is 0. The van der Waals surface area contributed by atoms with Crippen LogP contribution in [-0.4, -0.2) is 0 Å². The van der Waals surface area contributed by atoms with Gasteiger partial charge in [0.25, 0.3) is 0 Å². The third-order valence-corrected chi connectivity index (χ3v) is 4.01. The second kappa shape index (κ2) is 8.18. The van der Waals surface area contributed by atoms with Crippen molar-refractivity contribution < 1.29 is 4.39 Å². The zero-order valence-corrected chi connectivity index (χ0v) is 13.9. The molecule has 0 amide bonds. The average molecular weight is 350 g/mol. The van der Waals surface area contributed by atoms with E-state index >= 15 is 0 Å². The minimum Gasteiger partial charge on any atom is -0.381 e. The zero-order chi connectivity index (χ0) is 15.1. The minimum atomic E-state index is -0.187. The van der Waals surface area contributed by atoms with E-state index in [1.807, 2.05) is 6.07 Å². The van der Waals surface area contributed by atoms with E-state index in [9.17, 15) is 4.39 Å². The van der Waals surface area contributed by atoms with Gasteiger partial charge in [0, 0.05) is 22.3 Å². The molecule has 0 radical (unpaired) electrons. The Morgan fingerprint density at radius 3 is 2.48 bits per heavy atom. The van der Waals surface area contributed by atoms with Crippen molar-refractivity contribution in [1.82, 2.24) is 0 Å². The number of unbranched alkanes of at least 4 members (excludes halogenated alkanes) is 2. The summed E-state index contributed by atoms with van der Waals surface area (Å²) < 4.78 is 14.5. The minimum absolute atomic E-state index is 0.187. The molecular weight excluding hydrogens is 329 g/mol. The molecule has 0 bridgehead atoms. The van der Waals surface area contributed by atoms with Crippen LogP contribution in [0.3, 0.4) is 0 Å². The summed E-state index contributed by atoms with van der Waals surface area (Å²) in [4.78, 5) is 0. The highest BCUT2D eigenvalue weighted by Gasteiger charge is 2.02. The molecule has 0 spiro atoms. The summed E-state index contributed by atoms with van der Waals surface area (Å²) in [6.45, 7) is 2.71. The molecule has 3 heteroatoms. The lowest BCUT2D eigenvalue weighted by atomic mass is 10.1. The van der Waals surface area contributed by atoms with Crippen molar-refractivity contribution in [1.29, 1.82) is 0 Å². The van der Waals surface area contributed by atoms with Gasteiger partial charge < -0.3 is 5.32 Å². The van der Waals surface area contributed by atoms with Crippen molar-refractivity contribution in [2.24, 2.45) is 0 Å². The maximum absolute atomic E-state index is 13.7. The lowest BCUT2D eigenvalue weighted by Crippen LogP contribution is -2.01. The van der Waals surface area contributed by atoms with Crippen LogP contribution in [0.4, 0.5) is 10.1 Å². The van der Waals surface area contributed by atoms with Crippen LogP contribution < -0.4 is 5.32 Å². The van der Waals surface area contributed by atoms with E-state index in [4.69, 9.17) is 0 Å². The molecule has 0 unspecified atom stereocenters. The third kappa shape index (κ3) is 5.16. The van der Waals surface area contributed by atoms with Gasteiger partial charge in [-0.2, -0.15) is 0 Å². The van der Waals surface area contributed by atoms with Crippen LogP contribution in [0.5, 0.6) is 0 Å². The molecule has 0 aliphatic rings. The van der Waals surface area contributed by atoms with Crippen LogP contribution in [0.1, 0.15) is 37.3 Å². The lowest BCUT2D eigenvalue weighted by Gasteiger charge is -2.09. The van der Waals surface area contributed by atoms with Gasteiger partial charge in [0.2, 0.25) is 0 Å². The van der Waals surface area contributed by atoms with Crippen molar-refractivity contribution in [3.63, 3.8) is 0 Å². The summed E-state index contributed by atoms with van der Waals surface area (Å²) in [5, 5.41) is 3.26. The van der Waals surface area contributed by atoms with E-state index in [2.05, 4.69) is 52.4 Å². The van der Waals surface area contributed by atoms with Crippen LogP contribution >= 0.6 is 15.9 Å². The smallest absolute Gasteiger partial charge is 0.129 e. The van der Waals surface area contributed by atoms with Gasteiger partial charge in [0.05, 0.1) is 0 Å². The number of rotatable bonds is 7. The molecule has 1 N–H and O–H groups in total. The standard InChI is InChI=1S/C18H21BrFN/c1-2-3-4-5-14-6-10-17(11-7-14)21-13-15-8-9-16(19)12-18(15)20/h6-12,21H,2-5,13H2,1H3. The van der Waals surface area contributed by atoms with Gasteiger partial charge in [-0.15, -0.1) is 0 Å². The first-order valence-corrected chi connectivity index (χ1v) is 8.25. The van der Waals surface area contributed by atoms with Gasteiger partial charge in [0.1, 0.15) is 5.82 Å². The maximum atomic E-state index is 13.7. The molecule has 21 heavy (non-hydrogen) atoms. The Balaban J connectivity index is 1.88. The molecule has 0 heterocycles. The molecule has 0 aliphatic carbocycles. The highest BCUT2D eigenvalue weighted by atomic mass is 79.9. The molecule has 0 saturated heterocycles. The molecule has 0 aliphatic heterocycles. The summed E-state index contributed by atoms with van der Waals surface area (Å²) in [5.74, 6) is -0.187. The van der Waals surface area contributed by atoms with Gasteiger partial charge >= 0.3 is 0 Å². The van der Waals surface area contributed by atoms with E-state index in [1.165, 1.54) is 30.9 Å². The molecule has 2 rings (SSSR count). The Morgan fingerprint density at radius 2 is 1.81 bits per heavy atom. The number of aryl methyl sites for hydroxylation is 1. The Labute approximate surface area is 134 Å². The SMILES string of the molecule is CCCCCc1ccc(NCc2ccc(Br)cc2F)cc1. The number of nitrogens with one attached hydrogen (secondary N) is 1. The van der Waals surface area contributed by atoms with Crippen molar-refractivity contribution >= 4 is 21.6 Å². The van der Waals surface area contributed by atoms with E-state index in [0.29, 0.717) is 12.1 Å². The Kier molecular flexibility index (Phi) is 6.24. The molecule has 0 fully saturated rings. The van der Waals surface area contributed by atoms with E-state index in [-0.39, 0.29) is 5.82 Å². The van der Waals surface area contributed by atoms with Gasteiger partial charge in [-0.05, 0) is 42.7 Å². The predicted octanol–water partition coefficient (Wildman–Crippen LogP) is 5.93. The molecule has 0 saturated carbocycles. The number of benzene rings is 2. The van der Waals surface area contributed by atoms with Crippen LogP contribution in [0.25, 0.3) is 0 Å². The molecular formula is C18H21BrFN.